The summed E-state index contributed by atoms with van der Waals surface area (Å²) in [6.07, 6.45) is 6.79. The Morgan fingerprint density at radius 3 is 2.22 bits per heavy atom. The number of nitrogens with zero attached hydrogens (tertiary/aromatic N) is 1. The van der Waals surface area contributed by atoms with Gasteiger partial charge in [0.25, 0.3) is 0 Å². The third kappa shape index (κ3) is 9.95. The van der Waals surface area contributed by atoms with Crippen molar-refractivity contribution in [1.29, 1.82) is 0 Å². The van der Waals surface area contributed by atoms with E-state index in [1.807, 2.05) is 24.3 Å². The Morgan fingerprint density at radius 2 is 1.50 bits per heavy atom. The maximum atomic E-state index is 12.3. The number of nitrogens with one attached hydrogen (secondary N) is 2. The summed E-state index contributed by atoms with van der Waals surface area (Å²) in [5, 5.41) is 21.0. The minimum Gasteiger partial charge on any atom is -0.392 e. The van der Waals surface area contributed by atoms with Gasteiger partial charge in [-0.05, 0) is 72.7 Å². The van der Waals surface area contributed by atoms with Gasteiger partial charge in [-0.3, -0.25) is 14.8 Å². The fraction of sp³-hybridized carbons (Fsp3) is 0.459. The number of carbonyl (C=O) groups is 2. The molecule has 3 atom stereocenters. The molecule has 2 heterocycles. The number of aliphatic hydroxyl groups excluding tert-OH is 1. The highest BCUT2D eigenvalue weighted by molar-refractivity contribution is 5.76. The minimum absolute atomic E-state index is 0.0184. The molecular formula is C37H47N3O6. The summed E-state index contributed by atoms with van der Waals surface area (Å²) in [6.45, 7) is 3.60. The van der Waals surface area contributed by atoms with E-state index in [1.54, 1.807) is 5.48 Å². The Kier molecular flexibility index (Phi) is 12.7. The third-order valence-corrected chi connectivity index (χ3v) is 8.89. The van der Waals surface area contributed by atoms with Crippen LogP contribution in [0.3, 0.4) is 0 Å². The van der Waals surface area contributed by atoms with Crippen LogP contribution in [0.4, 0.5) is 0 Å². The lowest BCUT2D eigenvalue weighted by atomic mass is 9.98. The number of hydroxylamine groups is 1. The second kappa shape index (κ2) is 17.4. The van der Waals surface area contributed by atoms with Crippen LogP contribution in [0, 0.1) is 0 Å². The number of carbonyl (C=O) groups excluding carboxylic acids is 2. The van der Waals surface area contributed by atoms with E-state index in [0.717, 1.165) is 65.9 Å². The number of ether oxygens (including phenoxy) is 2. The van der Waals surface area contributed by atoms with E-state index < -0.39 is 12.2 Å². The predicted molar refractivity (Wildman–Crippen MR) is 175 cm³/mol. The maximum absolute atomic E-state index is 12.3. The van der Waals surface area contributed by atoms with Gasteiger partial charge >= 0.3 is 0 Å². The van der Waals surface area contributed by atoms with Crippen LogP contribution in [0.1, 0.15) is 92.4 Å². The first-order valence-corrected chi connectivity index (χ1v) is 16.6. The van der Waals surface area contributed by atoms with Gasteiger partial charge < -0.3 is 24.8 Å². The lowest BCUT2D eigenvalue weighted by molar-refractivity contribution is -0.253. The number of benzene rings is 3. The number of aliphatic hydroxyl groups is 1. The van der Waals surface area contributed by atoms with Gasteiger partial charge in [-0.1, -0.05) is 79.6 Å². The van der Waals surface area contributed by atoms with Gasteiger partial charge in [0.2, 0.25) is 11.8 Å². The molecule has 0 radical (unpaired) electrons. The predicted octanol–water partition coefficient (Wildman–Crippen LogP) is 5.95. The number of unbranched alkanes of at least 4 members (excludes halogenated alkanes) is 2. The number of likely N-dealkylation sites (tertiary alicyclic amines) is 1. The van der Waals surface area contributed by atoms with Crippen LogP contribution in [0.25, 0.3) is 11.1 Å². The summed E-state index contributed by atoms with van der Waals surface area (Å²) in [4.78, 5) is 25.9. The van der Waals surface area contributed by atoms with Gasteiger partial charge in [0.1, 0.15) is 0 Å². The lowest BCUT2D eigenvalue weighted by Crippen LogP contribution is -2.41. The Bertz CT molecular complexity index is 1390. The van der Waals surface area contributed by atoms with E-state index in [0.29, 0.717) is 25.8 Å². The quantitative estimate of drug-likeness (QED) is 0.0989. The molecule has 0 spiro atoms. The molecule has 9 nitrogen and oxygen atoms in total. The molecule has 0 saturated carbocycles. The minimum atomic E-state index is -0.478. The first-order chi connectivity index (χ1) is 22.5. The molecule has 2 aliphatic heterocycles. The van der Waals surface area contributed by atoms with Crippen molar-refractivity contribution in [2.75, 3.05) is 19.6 Å². The van der Waals surface area contributed by atoms with Crippen molar-refractivity contribution in [3.8, 4) is 11.1 Å². The Morgan fingerprint density at radius 1 is 0.783 bits per heavy atom. The molecule has 5 rings (SSSR count). The van der Waals surface area contributed by atoms with Crippen LogP contribution in [0.5, 0.6) is 0 Å². The van der Waals surface area contributed by atoms with Gasteiger partial charge in [0.15, 0.2) is 6.29 Å². The van der Waals surface area contributed by atoms with Crippen molar-refractivity contribution in [1.82, 2.24) is 15.7 Å². The van der Waals surface area contributed by atoms with E-state index in [9.17, 15) is 14.7 Å². The smallest absolute Gasteiger partial charge is 0.243 e. The largest absolute Gasteiger partial charge is 0.392 e. The number of piperidine rings is 1. The van der Waals surface area contributed by atoms with Crippen molar-refractivity contribution in [2.45, 2.75) is 89.4 Å². The summed E-state index contributed by atoms with van der Waals surface area (Å²) in [6, 6.07) is 24.5. The van der Waals surface area contributed by atoms with E-state index in [2.05, 4.69) is 58.7 Å². The number of rotatable bonds is 14. The van der Waals surface area contributed by atoms with Crippen molar-refractivity contribution in [3.63, 3.8) is 0 Å². The fourth-order valence-corrected chi connectivity index (χ4v) is 6.25. The highest BCUT2D eigenvalue weighted by atomic mass is 16.7. The maximum Gasteiger partial charge on any atom is 0.243 e. The normalized spacial score (nSPS) is 20.3. The van der Waals surface area contributed by atoms with E-state index in [4.69, 9.17) is 14.7 Å². The molecule has 4 N–H and O–H groups in total. The van der Waals surface area contributed by atoms with Crippen LogP contribution < -0.4 is 10.8 Å². The molecule has 0 aliphatic carbocycles. The van der Waals surface area contributed by atoms with Gasteiger partial charge in [-0.2, -0.15) is 0 Å². The average molecular weight is 630 g/mol. The molecule has 9 heteroatoms. The summed E-state index contributed by atoms with van der Waals surface area (Å²) in [5.41, 5.74) is 7.74. The number of amides is 2. The molecule has 0 aromatic heterocycles. The van der Waals surface area contributed by atoms with Gasteiger partial charge in [0, 0.05) is 37.9 Å². The summed E-state index contributed by atoms with van der Waals surface area (Å²) in [5.74, 6) is -0.420. The molecule has 2 fully saturated rings. The molecule has 2 amide bonds. The highest BCUT2D eigenvalue weighted by Crippen LogP contribution is 2.39. The van der Waals surface area contributed by atoms with Gasteiger partial charge in [0.05, 0.1) is 18.8 Å². The lowest BCUT2D eigenvalue weighted by Gasteiger charge is -2.39. The topological polar surface area (TPSA) is 120 Å². The zero-order valence-electron chi connectivity index (χ0n) is 26.5. The summed E-state index contributed by atoms with van der Waals surface area (Å²) >= 11 is 0. The highest BCUT2D eigenvalue weighted by Gasteiger charge is 2.33. The molecule has 246 valence electrons. The molecule has 2 saturated heterocycles. The van der Waals surface area contributed by atoms with E-state index >= 15 is 0 Å². The average Bonchev–Trinajstić information content (AvgIpc) is 3.11. The monoisotopic (exact) mass is 629 g/mol. The van der Waals surface area contributed by atoms with Crippen molar-refractivity contribution < 1.29 is 29.4 Å². The second-order valence-electron chi connectivity index (χ2n) is 12.4. The standard InChI is InChI=1S/C37H47N3O6/c41-26-27-12-14-30(15-13-27)34-23-33(25-40-20-5-2-6-21-40)45-37(46-34)31-18-16-29(17-19-31)32-9-7-8-28(22-32)24-38-35(42)10-3-1-4-11-36(43)39-44/h7-9,12-19,22,33-34,37,41,44H,1-6,10-11,20-21,23-26H2,(H,38,42)(H,39,43). The summed E-state index contributed by atoms with van der Waals surface area (Å²) < 4.78 is 13.1. The van der Waals surface area contributed by atoms with Crippen molar-refractivity contribution >= 4 is 11.8 Å². The Hall–Kier alpha value is -3.60. The molecule has 3 aromatic carbocycles. The zero-order chi connectivity index (χ0) is 32.1. The first-order valence-electron chi connectivity index (χ1n) is 16.6. The Balaban J connectivity index is 1.19. The van der Waals surface area contributed by atoms with Gasteiger partial charge in [-0.25, -0.2) is 5.48 Å². The number of hydrogen-bond donors (Lipinski definition) is 4. The van der Waals surface area contributed by atoms with Crippen LogP contribution in [0.15, 0.2) is 72.8 Å². The Labute approximate surface area is 271 Å². The molecule has 46 heavy (non-hydrogen) atoms. The molecule has 0 bridgehead atoms. The van der Waals surface area contributed by atoms with Crippen LogP contribution in [-0.2, 0) is 32.2 Å². The SMILES string of the molecule is O=C(CCCCCC(=O)NCc1cccc(-c2ccc(C3OC(CN4CCCCC4)CC(c4ccc(CO)cc4)O3)cc2)c1)NO. The summed E-state index contributed by atoms with van der Waals surface area (Å²) in [7, 11) is 0. The number of hydrogen-bond acceptors (Lipinski definition) is 7. The third-order valence-electron chi connectivity index (χ3n) is 8.89. The molecule has 3 unspecified atom stereocenters. The van der Waals surface area contributed by atoms with Crippen LogP contribution in [-0.4, -0.2) is 52.8 Å². The van der Waals surface area contributed by atoms with Crippen molar-refractivity contribution in [3.05, 3.63) is 95.1 Å². The van der Waals surface area contributed by atoms with Crippen LogP contribution in [0.2, 0.25) is 0 Å². The van der Waals surface area contributed by atoms with E-state index in [1.165, 1.54) is 19.3 Å². The molecular weight excluding hydrogens is 582 g/mol. The molecule has 2 aliphatic rings. The zero-order valence-corrected chi connectivity index (χ0v) is 26.5. The van der Waals surface area contributed by atoms with E-state index in [-0.39, 0.29) is 31.1 Å². The molecule has 3 aromatic rings. The second-order valence-corrected chi connectivity index (χ2v) is 12.4. The van der Waals surface area contributed by atoms with Gasteiger partial charge in [-0.15, -0.1) is 0 Å². The van der Waals surface area contributed by atoms with Crippen molar-refractivity contribution in [2.24, 2.45) is 0 Å². The fourth-order valence-electron chi connectivity index (χ4n) is 6.25. The first kappa shape index (κ1) is 33.8. The van der Waals surface area contributed by atoms with Crippen LogP contribution >= 0.6 is 0 Å².